The lowest BCUT2D eigenvalue weighted by Crippen LogP contribution is -1.95. The number of fused-ring (bicyclic) bond motifs is 6. The third-order valence-electron chi connectivity index (χ3n) is 11.0. The van der Waals surface area contributed by atoms with Gasteiger partial charge < -0.3 is 9.13 Å². The predicted octanol–water partition coefficient (Wildman–Crippen LogP) is 13.3. The molecule has 0 bridgehead atoms. The van der Waals surface area contributed by atoms with Gasteiger partial charge in [0.2, 0.25) is 0 Å². The predicted molar refractivity (Wildman–Crippen MR) is 232 cm³/mol. The molecule has 0 aliphatic rings. The molecule has 0 atom stereocenters. The van der Waals surface area contributed by atoms with E-state index in [-0.39, 0.29) is 0 Å². The Kier molecular flexibility index (Phi) is 7.46. The van der Waals surface area contributed by atoms with E-state index >= 15 is 0 Å². The molecule has 4 heteroatoms. The fourth-order valence-electron chi connectivity index (χ4n) is 8.34. The van der Waals surface area contributed by atoms with Gasteiger partial charge in [-0.25, -0.2) is 9.97 Å². The zero-order valence-corrected chi connectivity index (χ0v) is 30.4. The third kappa shape index (κ3) is 5.31. The second-order valence-electron chi connectivity index (χ2n) is 14.3. The topological polar surface area (TPSA) is 35.6 Å². The Morgan fingerprint density at radius 1 is 0.304 bits per heavy atom. The molecule has 11 aromatic rings. The van der Waals surface area contributed by atoms with Crippen molar-refractivity contribution in [2.75, 3.05) is 0 Å². The van der Waals surface area contributed by atoms with Crippen molar-refractivity contribution in [3.8, 4) is 56.3 Å². The van der Waals surface area contributed by atoms with Crippen LogP contribution in [0.25, 0.3) is 99.9 Å². The molecule has 0 spiro atoms. The van der Waals surface area contributed by atoms with E-state index in [1.54, 1.807) is 0 Å². The van der Waals surface area contributed by atoms with Gasteiger partial charge in [-0.15, -0.1) is 0 Å². The van der Waals surface area contributed by atoms with Crippen molar-refractivity contribution in [3.05, 3.63) is 206 Å². The molecule has 0 saturated carbocycles. The Balaban J connectivity index is 0.964. The van der Waals surface area contributed by atoms with Gasteiger partial charge in [0.05, 0.1) is 27.8 Å². The Morgan fingerprint density at radius 3 is 1.38 bits per heavy atom. The van der Waals surface area contributed by atoms with Gasteiger partial charge in [-0.2, -0.15) is 0 Å². The summed E-state index contributed by atoms with van der Waals surface area (Å²) >= 11 is 0. The standard InChI is InChI=1S/C52H34N4/c1-3-12-35(13-4-1)47-30-31-53-52(54-47)36-22-26-42(27-23-36)56-49-21-10-8-19-44(49)46-34-40(25-29-51(46)56)38-15-11-14-37(32-38)39-24-28-50-45(33-39)43-18-7-9-20-48(43)55(50)41-16-5-2-6-17-41/h1-34H. The van der Waals surface area contributed by atoms with Crippen LogP contribution in [0.2, 0.25) is 0 Å². The molecule has 0 radical (unpaired) electrons. The van der Waals surface area contributed by atoms with E-state index in [2.05, 4.69) is 190 Å². The average molecular weight is 715 g/mol. The van der Waals surface area contributed by atoms with Crippen molar-refractivity contribution in [3.63, 3.8) is 0 Å². The third-order valence-corrected chi connectivity index (χ3v) is 11.0. The summed E-state index contributed by atoms with van der Waals surface area (Å²) in [5.41, 5.74) is 14.8. The number of hydrogen-bond donors (Lipinski definition) is 0. The minimum absolute atomic E-state index is 0.714. The zero-order chi connectivity index (χ0) is 37.0. The van der Waals surface area contributed by atoms with Gasteiger partial charge in [0.15, 0.2) is 5.82 Å². The van der Waals surface area contributed by atoms with Gasteiger partial charge in [-0.05, 0) is 107 Å². The van der Waals surface area contributed by atoms with Crippen LogP contribution in [0.1, 0.15) is 0 Å². The van der Waals surface area contributed by atoms with Crippen LogP contribution in [0.5, 0.6) is 0 Å². The fraction of sp³-hybridized carbons (Fsp3) is 0. The Hall–Kier alpha value is -7.56. The zero-order valence-electron chi connectivity index (χ0n) is 30.4. The summed E-state index contributed by atoms with van der Waals surface area (Å²) in [5, 5.41) is 4.96. The van der Waals surface area contributed by atoms with E-state index in [4.69, 9.17) is 4.98 Å². The number of hydrogen-bond acceptors (Lipinski definition) is 2. The smallest absolute Gasteiger partial charge is 0.159 e. The summed E-state index contributed by atoms with van der Waals surface area (Å²) in [7, 11) is 0. The molecule has 3 heterocycles. The molecule has 0 aliphatic carbocycles. The highest BCUT2D eigenvalue weighted by Gasteiger charge is 2.16. The first-order valence-electron chi connectivity index (χ1n) is 19.0. The van der Waals surface area contributed by atoms with Crippen molar-refractivity contribution >= 4 is 43.6 Å². The first kappa shape index (κ1) is 31.9. The quantitative estimate of drug-likeness (QED) is 0.172. The van der Waals surface area contributed by atoms with Crippen LogP contribution in [-0.4, -0.2) is 19.1 Å². The number of nitrogens with zero attached hydrogens (tertiary/aromatic N) is 4. The lowest BCUT2D eigenvalue weighted by atomic mass is 9.97. The van der Waals surface area contributed by atoms with Crippen molar-refractivity contribution in [2.24, 2.45) is 0 Å². The maximum atomic E-state index is 4.89. The summed E-state index contributed by atoms with van der Waals surface area (Å²) in [5.74, 6) is 0.714. The highest BCUT2D eigenvalue weighted by atomic mass is 15.0. The molecule has 0 N–H and O–H groups in total. The summed E-state index contributed by atoms with van der Waals surface area (Å²) < 4.78 is 4.72. The largest absolute Gasteiger partial charge is 0.309 e. The van der Waals surface area contributed by atoms with Gasteiger partial charge in [-0.1, -0.05) is 115 Å². The van der Waals surface area contributed by atoms with E-state index in [0.717, 1.165) is 22.5 Å². The fourth-order valence-corrected chi connectivity index (χ4v) is 8.34. The average Bonchev–Trinajstić information content (AvgIpc) is 3.79. The molecule has 0 unspecified atom stereocenters. The van der Waals surface area contributed by atoms with Crippen LogP contribution in [0.15, 0.2) is 206 Å². The van der Waals surface area contributed by atoms with E-state index in [0.29, 0.717) is 5.82 Å². The Bertz CT molecular complexity index is 3230. The van der Waals surface area contributed by atoms with E-state index < -0.39 is 0 Å². The van der Waals surface area contributed by atoms with Gasteiger partial charge in [-0.3, -0.25) is 0 Å². The molecular formula is C52H34N4. The molecule has 56 heavy (non-hydrogen) atoms. The maximum Gasteiger partial charge on any atom is 0.159 e. The van der Waals surface area contributed by atoms with E-state index in [9.17, 15) is 0 Å². The number of aromatic nitrogens is 4. The molecule has 0 fully saturated rings. The van der Waals surface area contributed by atoms with Crippen LogP contribution < -0.4 is 0 Å². The summed E-state index contributed by atoms with van der Waals surface area (Å²) in [4.78, 5) is 9.50. The molecule has 0 aliphatic heterocycles. The Labute approximate surface area is 324 Å². The number of benzene rings is 8. The molecule has 262 valence electrons. The maximum absolute atomic E-state index is 4.89. The highest BCUT2D eigenvalue weighted by molar-refractivity contribution is 6.11. The van der Waals surface area contributed by atoms with Gasteiger partial charge in [0.25, 0.3) is 0 Å². The SMILES string of the molecule is c1ccc(-c2ccnc(-c3ccc(-n4c5ccccc5c5cc(-c6cccc(-c7ccc8c(c7)c7ccccc7n8-c7ccccc7)c6)ccc54)cc3)n2)cc1. The second-order valence-corrected chi connectivity index (χ2v) is 14.3. The molecule has 3 aromatic heterocycles. The van der Waals surface area contributed by atoms with Crippen molar-refractivity contribution in [2.45, 2.75) is 0 Å². The minimum Gasteiger partial charge on any atom is -0.309 e. The van der Waals surface area contributed by atoms with Crippen molar-refractivity contribution in [1.29, 1.82) is 0 Å². The van der Waals surface area contributed by atoms with Gasteiger partial charge in [0, 0.05) is 50.2 Å². The second kappa shape index (κ2) is 13.1. The van der Waals surface area contributed by atoms with E-state index in [1.807, 2.05) is 30.5 Å². The first-order chi connectivity index (χ1) is 27.8. The number of para-hydroxylation sites is 3. The highest BCUT2D eigenvalue weighted by Crippen LogP contribution is 2.38. The lowest BCUT2D eigenvalue weighted by Gasteiger charge is -2.10. The van der Waals surface area contributed by atoms with Crippen LogP contribution in [0.4, 0.5) is 0 Å². The summed E-state index contributed by atoms with van der Waals surface area (Å²) in [6.45, 7) is 0. The normalized spacial score (nSPS) is 11.6. The van der Waals surface area contributed by atoms with Crippen molar-refractivity contribution < 1.29 is 0 Å². The van der Waals surface area contributed by atoms with Gasteiger partial charge >= 0.3 is 0 Å². The van der Waals surface area contributed by atoms with Gasteiger partial charge in [0.1, 0.15) is 0 Å². The minimum atomic E-state index is 0.714. The molecule has 8 aromatic carbocycles. The number of rotatable bonds is 6. The lowest BCUT2D eigenvalue weighted by molar-refractivity contribution is 1.16. The molecular weight excluding hydrogens is 681 g/mol. The molecule has 0 saturated heterocycles. The van der Waals surface area contributed by atoms with Crippen LogP contribution in [0, 0.1) is 0 Å². The Morgan fingerprint density at radius 2 is 0.768 bits per heavy atom. The van der Waals surface area contributed by atoms with Crippen LogP contribution >= 0.6 is 0 Å². The van der Waals surface area contributed by atoms with Crippen LogP contribution in [-0.2, 0) is 0 Å². The van der Waals surface area contributed by atoms with Crippen LogP contribution in [0.3, 0.4) is 0 Å². The summed E-state index contributed by atoms with van der Waals surface area (Å²) in [6.07, 6.45) is 1.84. The summed E-state index contributed by atoms with van der Waals surface area (Å²) in [6, 6.07) is 71.5. The van der Waals surface area contributed by atoms with E-state index in [1.165, 1.54) is 71.6 Å². The first-order valence-corrected chi connectivity index (χ1v) is 19.0. The molecule has 0 amide bonds. The van der Waals surface area contributed by atoms with Crippen molar-refractivity contribution in [1.82, 2.24) is 19.1 Å². The monoisotopic (exact) mass is 714 g/mol. The molecule has 11 rings (SSSR count). The molecule has 4 nitrogen and oxygen atoms in total.